The van der Waals surface area contributed by atoms with Crippen LogP contribution in [0.3, 0.4) is 0 Å². The Labute approximate surface area is 103 Å². The average molecular weight is 235 g/mol. The molecule has 94 valence electrons. The molecule has 0 aliphatic heterocycles. The lowest BCUT2D eigenvalue weighted by molar-refractivity contribution is 0.378. The Kier molecular flexibility index (Phi) is 4.58. The molecule has 1 aromatic rings. The van der Waals surface area contributed by atoms with E-state index in [-0.39, 0.29) is 6.04 Å². The zero-order valence-corrected chi connectivity index (χ0v) is 11.0. The molecule has 0 saturated carbocycles. The molecular weight excluding hydrogens is 214 g/mol. The molecule has 0 bridgehead atoms. The summed E-state index contributed by atoms with van der Waals surface area (Å²) in [4.78, 5) is 0. The van der Waals surface area contributed by atoms with Gasteiger partial charge in [0.1, 0.15) is 11.5 Å². The summed E-state index contributed by atoms with van der Waals surface area (Å²) < 4.78 is 10.8. The van der Waals surface area contributed by atoms with E-state index in [0.29, 0.717) is 0 Å². The molecule has 17 heavy (non-hydrogen) atoms. The number of rotatable bonds is 5. The van der Waals surface area contributed by atoms with Crippen molar-refractivity contribution in [2.75, 3.05) is 14.2 Å². The first-order valence-electron chi connectivity index (χ1n) is 5.62. The largest absolute Gasteiger partial charge is 0.496 e. The fourth-order valence-corrected chi connectivity index (χ4v) is 1.91. The Morgan fingerprint density at radius 1 is 1.29 bits per heavy atom. The SMILES string of the molecule is C=C(C)C[C@H](N)c1c(OC)cc(C)cc1OC. The lowest BCUT2D eigenvalue weighted by Gasteiger charge is -2.19. The Morgan fingerprint density at radius 2 is 1.76 bits per heavy atom. The smallest absolute Gasteiger partial charge is 0.127 e. The van der Waals surface area contributed by atoms with Crippen molar-refractivity contribution in [3.63, 3.8) is 0 Å². The molecule has 3 nitrogen and oxygen atoms in total. The van der Waals surface area contributed by atoms with Gasteiger partial charge in [0.2, 0.25) is 0 Å². The van der Waals surface area contributed by atoms with Gasteiger partial charge >= 0.3 is 0 Å². The van der Waals surface area contributed by atoms with Crippen LogP contribution in [0.5, 0.6) is 11.5 Å². The minimum Gasteiger partial charge on any atom is -0.496 e. The van der Waals surface area contributed by atoms with Gasteiger partial charge in [0.25, 0.3) is 0 Å². The van der Waals surface area contributed by atoms with Gasteiger partial charge in [0.15, 0.2) is 0 Å². The van der Waals surface area contributed by atoms with Gasteiger partial charge in [0, 0.05) is 6.04 Å². The van der Waals surface area contributed by atoms with Crippen LogP contribution in [-0.2, 0) is 0 Å². The lowest BCUT2D eigenvalue weighted by Crippen LogP contribution is -2.13. The monoisotopic (exact) mass is 235 g/mol. The first kappa shape index (κ1) is 13.6. The summed E-state index contributed by atoms with van der Waals surface area (Å²) in [6.45, 7) is 7.85. The second-order valence-electron chi connectivity index (χ2n) is 4.35. The minimum atomic E-state index is -0.155. The maximum absolute atomic E-state index is 6.18. The predicted octanol–water partition coefficient (Wildman–Crippen LogP) is 2.98. The van der Waals surface area contributed by atoms with Gasteiger partial charge < -0.3 is 15.2 Å². The van der Waals surface area contributed by atoms with Crippen molar-refractivity contribution in [1.82, 2.24) is 0 Å². The number of nitrogens with two attached hydrogens (primary N) is 1. The summed E-state index contributed by atoms with van der Waals surface area (Å²) in [5.74, 6) is 1.55. The van der Waals surface area contributed by atoms with E-state index in [2.05, 4.69) is 6.58 Å². The van der Waals surface area contributed by atoms with Crippen LogP contribution in [0.1, 0.15) is 30.5 Å². The maximum atomic E-state index is 6.18. The van der Waals surface area contributed by atoms with Crippen LogP contribution in [0.2, 0.25) is 0 Å². The van der Waals surface area contributed by atoms with Crippen molar-refractivity contribution < 1.29 is 9.47 Å². The van der Waals surface area contributed by atoms with E-state index >= 15 is 0 Å². The number of aryl methyl sites for hydroxylation is 1. The average Bonchev–Trinajstić information content (AvgIpc) is 2.26. The Balaban J connectivity index is 3.23. The van der Waals surface area contributed by atoms with Crippen LogP contribution in [0, 0.1) is 6.92 Å². The number of hydrogen-bond acceptors (Lipinski definition) is 3. The molecule has 0 aromatic heterocycles. The molecule has 1 rings (SSSR count). The zero-order chi connectivity index (χ0) is 13.0. The summed E-state index contributed by atoms with van der Waals surface area (Å²) in [6, 6.07) is 3.78. The zero-order valence-electron chi connectivity index (χ0n) is 11.0. The highest BCUT2D eigenvalue weighted by atomic mass is 16.5. The van der Waals surface area contributed by atoms with E-state index in [9.17, 15) is 0 Å². The van der Waals surface area contributed by atoms with Crippen molar-refractivity contribution in [3.8, 4) is 11.5 Å². The molecule has 0 spiro atoms. The molecule has 0 heterocycles. The van der Waals surface area contributed by atoms with E-state index in [0.717, 1.165) is 34.6 Å². The molecular formula is C14H21NO2. The van der Waals surface area contributed by atoms with Crippen LogP contribution < -0.4 is 15.2 Å². The van der Waals surface area contributed by atoms with E-state index in [1.165, 1.54) is 0 Å². The highest BCUT2D eigenvalue weighted by Crippen LogP contribution is 2.36. The van der Waals surface area contributed by atoms with Gasteiger partial charge in [-0.05, 0) is 38.0 Å². The fraction of sp³-hybridized carbons (Fsp3) is 0.429. The van der Waals surface area contributed by atoms with Crippen LogP contribution in [0.15, 0.2) is 24.3 Å². The number of hydrogen-bond donors (Lipinski definition) is 1. The van der Waals surface area contributed by atoms with E-state index < -0.39 is 0 Å². The van der Waals surface area contributed by atoms with Gasteiger partial charge in [-0.3, -0.25) is 0 Å². The van der Waals surface area contributed by atoms with Crippen LogP contribution in [0.4, 0.5) is 0 Å². The van der Waals surface area contributed by atoms with Gasteiger partial charge in [-0.1, -0.05) is 5.57 Å². The molecule has 3 heteroatoms. The second-order valence-corrected chi connectivity index (χ2v) is 4.35. The normalized spacial score (nSPS) is 12.1. The van der Waals surface area contributed by atoms with E-state index in [1.54, 1.807) is 14.2 Å². The van der Waals surface area contributed by atoms with Gasteiger partial charge in [-0.25, -0.2) is 0 Å². The molecule has 0 aliphatic carbocycles. The quantitative estimate of drug-likeness (QED) is 0.798. The highest BCUT2D eigenvalue weighted by Gasteiger charge is 2.18. The molecule has 1 atom stereocenters. The van der Waals surface area contributed by atoms with Crippen molar-refractivity contribution >= 4 is 0 Å². The topological polar surface area (TPSA) is 44.5 Å². The number of methoxy groups -OCH3 is 2. The fourth-order valence-electron chi connectivity index (χ4n) is 1.91. The third-order valence-electron chi connectivity index (χ3n) is 2.63. The molecule has 0 fully saturated rings. The van der Waals surface area contributed by atoms with Gasteiger partial charge in [0.05, 0.1) is 19.8 Å². The predicted molar refractivity (Wildman–Crippen MR) is 70.6 cm³/mol. The molecule has 2 N–H and O–H groups in total. The maximum Gasteiger partial charge on any atom is 0.127 e. The van der Waals surface area contributed by atoms with E-state index in [4.69, 9.17) is 15.2 Å². The lowest BCUT2D eigenvalue weighted by atomic mass is 9.98. The number of ether oxygens (including phenoxy) is 2. The first-order chi connectivity index (χ1) is 7.99. The van der Waals surface area contributed by atoms with Crippen LogP contribution in [-0.4, -0.2) is 14.2 Å². The Hall–Kier alpha value is -1.48. The highest BCUT2D eigenvalue weighted by molar-refractivity contribution is 5.49. The van der Waals surface area contributed by atoms with Crippen molar-refractivity contribution in [3.05, 3.63) is 35.4 Å². The first-order valence-corrected chi connectivity index (χ1v) is 5.62. The summed E-state index contributed by atoms with van der Waals surface area (Å²) >= 11 is 0. The van der Waals surface area contributed by atoms with Crippen molar-refractivity contribution in [2.45, 2.75) is 26.3 Å². The van der Waals surface area contributed by atoms with E-state index in [1.807, 2.05) is 26.0 Å². The summed E-state index contributed by atoms with van der Waals surface area (Å²) in [6.07, 6.45) is 0.718. The molecule has 1 aromatic carbocycles. The summed E-state index contributed by atoms with van der Waals surface area (Å²) in [7, 11) is 3.29. The summed E-state index contributed by atoms with van der Waals surface area (Å²) in [5.41, 5.74) is 9.22. The van der Waals surface area contributed by atoms with Crippen LogP contribution >= 0.6 is 0 Å². The van der Waals surface area contributed by atoms with Gasteiger partial charge in [-0.15, -0.1) is 6.58 Å². The molecule has 0 radical (unpaired) electrons. The second kappa shape index (κ2) is 5.73. The standard InChI is InChI=1S/C14H21NO2/c1-9(2)6-11(15)14-12(16-4)7-10(3)8-13(14)17-5/h7-8,11H,1,6,15H2,2-5H3/t11-/m0/s1. The van der Waals surface area contributed by atoms with Gasteiger partial charge in [-0.2, -0.15) is 0 Å². The summed E-state index contributed by atoms with van der Waals surface area (Å²) in [5, 5.41) is 0. The third kappa shape index (κ3) is 3.24. The molecule has 0 saturated heterocycles. The van der Waals surface area contributed by atoms with Crippen LogP contribution in [0.25, 0.3) is 0 Å². The Morgan fingerprint density at radius 3 is 2.12 bits per heavy atom. The third-order valence-corrected chi connectivity index (χ3v) is 2.63. The van der Waals surface area contributed by atoms with Crippen molar-refractivity contribution in [1.29, 1.82) is 0 Å². The van der Waals surface area contributed by atoms with Crippen molar-refractivity contribution in [2.24, 2.45) is 5.73 Å². The minimum absolute atomic E-state index is 0.155. The number of benzene rings is 1. The Bertz CT molecular complexity index is 388. The molecule has 0 unspecified atom stereocenters. The molecule has 0 amide bonds. The molecule has 0 aliphatic rings.